The molecule has 0 saturated heterocycles. The van der Waals surface area contributed by atoms with Gasteiger partial charge in [-0.15, -0.1) is 0 Å². The number of nitrogens with one attached hydrogen (secondary N) is 1. The number of rotatable bonds is 5. The number of nitrogens with zero attached hydrogens (tertiary/aromatic N) is 3. The SMILES string of the molecule is CCNC(Cc1ncnn1C)c1cc(C)cc(F)c1. The summed E-state index contributed by atoms with van der Waals surface area (Å²) in [5.41, 5.74) is 1.87. The molecule has 0 radical (unpaired) electrons. The average molecular weight is 262 g/mol. The van der Waals surface area contributed by atoms with Gasteiger partial charge in [-0.1, -0.05) is 13.0 Å². The van der Waals surface area contributed by atoms with E-state index in [2.05, 4.69) is 15.4 Å². The van der Waals surface area contributed by atoms with Crippen molar-refractivity contribution >= 4 is 0 Å². The molecule has 2 aromatic rings. The highest BCUT2D eigenvalue weighted by Crippen LogP contribution is 2.20. The summed E-state index contributed by atoms with van der Waals surface area (Å²) in [6.45, 7) is 4.76. The average Bonchev–Trinajstić information content (AvgIpc) is 2.73. The molecule has 1 aromatic carbocycles. The summed E-state index contributed by atoms with van der Waals surface area (Å²) in [7, 11) is 1.86. The quantitative estimate of drug-likeness (QED) is 0.898. The van der Waals surface area contributed by atoms with Crippen molar-refractivity contribution in [2.75, 3.05) is 6.54 Å². The molecule has 0 aliphatic heterocycles. The van der Waals surface area contributed by atoms with Crippen molar-refractivity contribution in [3.63, 3.8) is 0 Å². The van der Waals surface area contributed by atoms with Crippen LogP contribution in [0.2, 0.25) is 0 Å². The van der Waals surface area contributed by atoms with Gasteiger partial charge in [-0.25, -0.2) is 9.37 Å². The maximum Gasteiger partial charge on any atom is 0.138 e. The van der Waals surface area contributed by atoms with E-state index < -0.39 is 0 Å². The van der Waals surface area contributed by atoms with E-state index in [1.54, 1.807) is 10.7 Å². The number of aromatic nitrogens is 3. The van der Waals surface area contributed by atoms with Crippen LogP contribution in [0, 0.1) is 12.7 Å². The Morgan fingerprint density at radius 3 is 2.74 bits per heavy atom. The molecule has 19 heavy (non-hydrogen) atoms. The predicted molar refractivity (Wildman–Crippen MR) is 72.3 cm³/mol. The van der Waals surface area contributed by atoms with E-state index in [0.717, 1.165) is 23.5 Å². The second-order valence-corrected chi connectivity index (χ2v) is 4.68. The molecule has 1 atom stereocenters. The Labute approximate surface area is 112 Å². The molecule has 1 N–H and O–H groups in total. The van der Waals surface area contributed by atoms with E-state index in [9.17, 15) is 4.39 Å². The van der Waals surface area contributed by atoms with Crippen LogP contribution in [-0.4, -0.2) is 21.3 Å². The van der Waals surface area contributed by atoms with Crippen molar-refractivity contribution in [3.05, 3.63) is 47.3 Å². The van der Waals surface area contributed by atoms with Gasteiger partial charge in [-0.05, 0) is 36.7 Å². The zero-order chi connectivity index (χ0) is 13.8. The van der Waals surface area contributed by atoms with E-state index in [1.165, 1.54) is 12.4 Å². The summed E-state index contributed by atoms with van der Waals surface area (Å²) in [5, 5.41) is 7.43. The lowest BCUT2D eigenvalue weighted by Crippen LogP contribution is -2.24. The molecule has 4 nitrogen and oxygen atoms in total. The van der Waals surface area contributed by atoms with Crippen molar-refractivity contribution in [1.29, 1.82) is 0 Å². The Balaban J connectivity index is 2.26. The molecule has 0 bridgehead atoms. The first-order valence-electron chi connectivity index (χ1n) is 6.43. The lowest BCUT2D eigenvalue weighted by atomic mass is 10.0. The standard InChI is InChI=1S/C14H19FN4/c1-4-16-13(8-14-17-9-18-19(14)3)11-5-10(2)6-12(15)7-11/h5-7,9,13,16H,4,8H2,1-3H3. The molecule has 0 spiro atoms. The van der Waals surface area contributed by atoms with Crippen LogP contribution in [0.1, 0.15) is 29.9 Å². The van der Waals surface area contributed by atoms with Crippen LogP contribution in [-0.2, 0) is 13.5 Å². The van der Waals surface area contributed by atoms with Gasteiger partial charge in [-0.3, -0.25) is 4.68 Å². The second kappa shape index (κ2) is 5.93. The molecule has 0 fully saturated rings. The monoisotopic (exact) mass is 262 g/mol. The number of hydrogen-bond acceptors (Lipinski definition) is 3. The van der Waals surface area contributed by atoms with E-state index in [0.29, 0.717) is 6.42 Å². The van der Waals surface area contributed by atoms with Crippen molar-refractivity contribution in [2.24, 2.45) is 7.05 Å². The number of benzene rings is 1. The molecular weight excluding hydrogens is 243 g/mol. The van der Waals surface area contributed by atoms with Gasteiger partial charge in [0.1, 0.15) is 18.0 Å². The van der Waals surface area contributed by atoms with Gasteiger partial charge in [0.25, 0.3) is 0 Å². The van der Waals surface area contributed by atoms with Crippen LogP contribution in [0.5, 0.6) is 0 Å². The molecular formula is C14H19FN4. The molecule has 0 aliphatic carbocycles. The zero-order valence-electron chi connectivity index (χ0n) is 11.5. The Morgan fingerprint density at radius 2 is 2.16 bits per heavy atom. The maximum absolute atomic E-state index is 13.5. The highest BCUT2D eigenvalue weighted by atomic mass is 19.1. The summed E-state index contributed by atoms with van der Waals surface area (Å²) < 4.78 is 15.3. The Morgan fingerprint density at radius 1 is 1.37 bits per heavy atom. The van der Waals surface area contributed by atoms with Crippen molar-refractivity contribution in [2.45, 2.75) is 26.3 Å². The molecule has 0 aliphatic rings. The molecule has 2 rings (SSSR count). The van der Waals surface area contributed by atoms with Crippen LogP contribution in [0.4, 0.5) is 4.39 Å². The molecule has 0 saturated carbocycles. The zero-order valence-corrected chi connectivity index (χ0v) is 11.5. The van der Waals surface area contributed by atoms with Gasteiger partial charge in [0.2, 0.25) is 0 Å². The van der Waals surface area contributed by atoms with Gasteiger partial charge < -0.3 is 5.32 Å². The fraction of sp³-hybridized carbons (Fsp3) is 0.429. The summed E-state index contributed by atoms with van der Waals surface area (Å²) in [4.78, 5) is 4.23. The van der Waals surface area contributed by atoms with E-state index in [1.807, 2.05) is 27.0 Å². The van der Waals surface area contributed by atoms with Crippen LogP contribution in [0.3, 0.4) is 0 Å². The van der Waals surface area contributed by atoms with Gasteiger partial charge in [0, 0.05) is 19.5 Å². The highest BCUT2D eigenvalue weighted by molar-refractivity contribution is 5.27. The maximum atomic E-state index is 13.5. The first-order chi connectivity index (χ1) is 9.10. The third-order valence-electron chi connectivity index (χ3n) is 3.11. The lowest BCUT2D eigenvalue weighted by Gasteiger charge is -2.18. The fourth-order valence-corrected chi connectivity index (χ4v) is 2.21. The lowest BCUT2D eigenvalue weighted by molar-refractivity contribution is 0.517. The Hall–Kier alpha value is -1.75. The second-order valence-electron chi connectivity index (χ2n) is 4.68. The minimum atomic E-state index is -0.198. The number of aryl methyl sites for hydroxylation is 2. The topological polar surface area (TPSA) is 42.7 Å². The van der Waals surface area contributed by atoms with Crippen molar-refractivity contribution in [1.82, 2.24) is 20.1 Å². The van der Waals surface area contributed by atoms with Crippen molar-refractivity contribution < 1.29 is 4.39 Å². The number of halogens is 1. The molecule has 102 valence electrons. The minimum absolute atomic E-state index is 0.0438. The van der Waals surface area contributed by atoms with Crippen LogP contribution in [0.15, 0.2) is 24.5 Å². The van der Waals surface area contributed by atoms with Crippen molar-refractivity contribution in [3.8, 4) is 0 Å². The Kier molecular flexibility index (Phi) is 4.27. The fourth-order valence-electron chi connectivity index (χ4n) is 2.21. The molecule has 5 heteroatoms. The van der Waals surface area contributed by atoms with Crippen LogP contribution in [0.25, 0.3) is 0 Å². The minimum Gasteiger partial charge on any atom is -0.310 e. The molecule has 1 unspecified atom stereocenters. The van der Waals surface area contributed by atoms with E-state index in [4.69, 9.17) is 0 Å². The van der Waals surface area contributed by atoms with Gasteiger partial charge in [-0.2, -0.15) is 5.10 Å². The molecule has 0 amide bonds. The summed E-state index contributed by atoms with van der Waals surface area (Å²) in [5.74, 6) is 0.684. The molecule has 1 aromatic heterocycles. The summed E-state index contributed by atoms with van der Waals surface area (Å²) >= 11 is 0. The summed E-state index contributed by atoms with van der Waals surface area (Å²) in [6.07, 6.45) is 2.22. The third kappa shape index (κ3) is 3.38. The Bertz CT molecular complexity index is 530. The number of hydrogen-bond donors (Lipinski definition) is 1. The van der Waals surface area contributed by atoms with Gasteiger partial charge in [0.15, 0.2) is 0 Å². The highest BCUT2D eigenvalue weighted by Gasteiger charge is 2.15. The van der Waals surface area contributed by atoms with Gasteiger partial charge >= 0.3 is 0 Å². The normalized spacial score (nSPS) is 12.6. The van der Waals surface area contributed by atoms with E-state index >= 15 is 0 Å². The van der Waals surface area contributed by atoms with Gasteiger partial charge in [0.05, 0.1) is 0 Å². The first kappa shape index (κ1) is 13.7. The third-order valence-corrected chi connectivity index (χ3v) is 3.11. The smallest absolute Gasteiger partial charge is 0.138 e. The van der Waals surface area contributed by atoms with Crippen LogP contribution >= 0.6 is 0 Å². The largest absolute Gasteiger partial charge is 0.310 e. The molecule has 1 heterocycles. The first-order valence-corrected chi connectivity index (χ1v) is 6.43. The predicted octanol–water partition coefficient (Wildman–Crippen LogP) is 2.16. The number of likely N-dealkylation sites (N-methyl/N-ethyl adjacent to an activating group) is 1. The summed E-state index contributed by atoms with van der Waals surface area (Å²) in [6, 6.07) is 5.17. The van der Waals surface area contributed by atoms with Crippen LogP contribution < -0.4 is 5.32 Å². The van der Waals surface area contributed by atoms with E-state index in [-0.39, 0.29) is 11.9 Å².